The molecule has 1 fully saturated rings. The molecule has 2 aromatic rings. The number of carbonyl (C=O) groups is 1. The Labute approximate surface area is 167 Å². The Morgan fingerprint density at radius 1 is 1.14 bits per heavy atom. The van der Waals surface area contributed by atoms with Crippen LogP contribution in [-0.2, 0) is 22.0 Å². The van der Waals surface area contributed by atoms with Crippen LogP contribution in [0.5, 0.6) is 0 Å². The lowest BCUT2D eigenvalue weighted by molar-refractivity contribution is 0.155. The van der Waals surface area contributed by atoms with Crippen LogP contribution >= 0.6 is 0 Å². The minimum atomic E-state index is -3.50. The van der Waals surface area contributed by atoms with E-state index in [1.807, 2.05) is 23.1 Å². The maximum absolute atomic E-state index is 12.7. The second-order valence-corrected chi connectivity index (χ2v) is 9.35. The molecule has 0 bridgehead atoms. The summed E-state index contributed by atoms with van der Waals surface area (Å²) in [5, 5.41) is 2.93. The lowest BCUT2D eigenvalue weighted by atomic mass is 9.76. The van der Waals surface area contributed by atoms with E-state index in [-0.39, 0.29) is 22.9 Å². The summed E-state index contributed by atoms with van der Waals surface area (Å²) in [6.45, 7) is 3.87. The van der Waals surface area contributed by atoms with Crippen LogP contribution < -0.4 is 10.0 Å². The smallest absolute Gasteiger partial charge is 0.317 e. The zero-order valence-corrected chi connectivity index (χ0v) is 17.1. The number of carbonyl (C=O) groups excluding carboxylic acids is 1. The second-order valence-electron chi connectivity index (χ2n) is 7.47. The Morgan fingerprint density at radius 3 is 2.61 bits per heavy atom. The molecule has 0 saturated carbocycles. The van der Waals surface area contributed by atoms with E-state index in [4.69, 9.17) is 0 Å². The first-order valence-electron chi connectivity index (χ1n) is 9.45. The van der Waals surface area contributed by atoms with Gasteiger partial charge in [-0.1, -0.05) is 49.4 Å². The Kier molecular flexibility index (Phi) is 6.05. The summed E-state index contributed by atoms with van der Waals surface area (Å²) in [5.41, 5.74) is 1.93. The van der Waals surface area contributed by atoms with Gasteiger partial charge in [0.15, 0.2) is 0 Å². The van der Waals surface area contributed by atoms with Gasteiger partial charge in [-0.15, -0.1) is 0 Å². The van der Waals surface area contributed by atoms with E-state index in [0.29, 0.717) is 6.54 Å². The highest BCUT2D eigenvalue weighted by atomic mass is 32.2. The monoisotopic (exact) mass is 401 g/mol. The minimum Gasteiger partial charge on any atom is -0.334 e. The molecule has 2 amide bonds. The summed E-state index contributed by atoms with van der Waals surface area (Å²) >= 11 is 0. The molecule has 0 spiro atoms. The number of nitrogens with zero attached hydrogens (tertiary/aromatic N) is 1. The normalized spacial score (nSPS) is 20.0. The van der Waals surface area contributed by atoms with E-state index >= 15 is 0 Å². The van der Waals surface area contributed by atoms with Crippen LogP contribution in [-0.4, -0.2) is 39.5 Å². The Hall–Kier alpha value is -2.38. The van der Waals surface area contributed by atoms with Crippen molar-refractivity contribution in [2.45, 2.75) is 36.6 Å². The third-order valence-electron chi connectivity index (χ3n) is 5.38. The Morgan fingerprint density at radius 2 is 1.89 bits per heavy atom. The SMILES string of the molecule is CNS(=O)(=O)c1cccc(CNC(=O)N2CCCC(C)(c3ccccc3)C2)c1. The molecule has 3 rings (SSSR count). The van der Waals surface area contributed by atoms with Crippen LogP contribution in [0.3, 0.4) is 0 Å². The molecular weight excluding hydrogens is 374 g/mol. The molecule has 2 N–H and O–H groups in total. The molecule has 0 radical (unpaired) electrons. The first-order chi connectivity index (χ1) is 13.3. The van der Waals surface area contributed by atoms with Crippen molar-refractivity contribution in [1.29, 1.82) is 0 Å². The van der Waals surface area contributed by atoms with Crippen molar-refractivity contribution in [1.82, 2.24) is 14.9 Å². The molecule has 6 nitrogen and oxygen atoms in total. The molecule has 1 aliphatic heterocycles. The second kappa shape index (κ2) is 8.32. The first-order valence-corrected chi connectivity index (χ1v) is 10.9. The molecule has 1 unspecified atom stereocenters. The Bertz CT molecular complexity index is 931. The maximum atomic E-state index is 12.7. The molecule has 1 atom stereocenters. The third-order valence-corrected chi connectivity index (χ3v) is 6.79. The predicted molar refractivity (Wildman–Crippen MR) is 110 cm³/mol. The number of sulfonamides is 1. The van der Waals surface area contributed by atoms with Crippen LogP contribution in [0.1, 0.15) is 30.9 Å². The summed E-state index contributed by atoms with van der Waals surface area (Å²) in [5.74, 6) is 0. The quantitative estimate of drug-likeness (QED) is 0.809. The van der Waals surface area contributed by atoms with Gasteiger partial charge < -0.3 is 10.2 Å². The van der Waals surface area contributed by atoms with Gasteiger partial charge in [0, 0.05) is 25.0 Å². The van der Waals surface area contributed by atoms with Crippen LogP contribution in [0.15, 0.2) is 59.5 Å². The van der Waals surface area contributed by atoms with E-state index in [9.17, 15) is 13.2 Å². The molecule has 1 aliphatic rings. The number of amides is 2. The van der Waals surface area contributed by atoms with Crippen LogP contribution in [0, 0.1) is 0 Å². The van der Waals surface area contributed by atoms with E-state index in [1.165, 1.54) is 18.7 Å². The Balaban J connectivity index is 1.65. The third kappa shape index (κ3) is 4.54. The highest BCUT2D eigenvalue weighted by Crippen LogP contribution is 2.33. The molecule has 150 valence electrons. The summed E-state index contributed by atoms with van der Waals surface area (Å²) in [6.07, 6.45) is 2.00. The minimum absolute atomic E-state index is 0.0579. The van der Waals surface area contributed by atoms with Gasteiger partial charge in [-0.05, 0) is 43.1 Å². The number of benzene rings is 2. The largest absolute Gasteiger partial charge is 0.334 e. The number of nitrogens with one attached hydrogen (secondary N) is 2. The first kappa shape index (κ1) is 20.4. The fourth-order valence-corrected chi connectivity index (χ4v) is 4.52. The summed E-state index contributed by atoms with van der Waals surface area (Å²) in [7, 11) is -2.12. The average Bonchev–Trinajstić information content (AvgIpc) is 2.73. The van der Waals surface area contributed by atoms with Crippen molar-refractivity contribution in [3.8, 4) is 0 Å². The topological polar surface area (TPSA) is 78.5 Å². The number of rotatable bonds is 5. The number of hydrogen-bond donors (Lipinski definition) is 2. The number of hydrogen-bond acceptors (Lipinski definition) is 3. The summed E-state index contributed by atoms with van der Waals surface area (Å²) < 4.78 is 26.2. The maximum Gasteiger partial charge on any atom is 0.317 e. The van der Waals surface area contributed by atoms with E-state index < -0.39 is 10.0 Å². The van der Waals surface area contributed by atoms with Crippen LogP contribution in [0.2, 0.25) is 0 Å². The summed E-state index contributed by atoms with van der Waals surface area (Å²) in [6, 6.07) is 16.8. The lowest BCUT2D eigenvalue weighted by Gasteiger charge is -2.41. The fraction of sp³-hybridized carbons (Fsp3) is 0.381. The van der Waals surface area contributed by atoms with Crippen LogP contribution in [0.4, 0.5) is 4.79 Å². The highest BCUT2D eigenvalue weighted by Gasteiger charge is 2.34. The van der Waals surface area contributed by atoms with Crippen molar-refractivity contribution in [3.63, 3.8) is 0 Å². The standard InChI is InChI=1S/C21H27N3O3S/c1-21(18-9-4-3-5-10-18)12-7-13-24(16-21)20(25)23-15-17-8-6-11-19(14-17)28(26,27)22-2/h3-6,8-11,14,22H,7,12-13,15-16H2,1-2H3,(H,23,25). The highest BCUT2D eigenvalue weighted by molar-refractivity contribution is 7.89. The van der Waals surface area contributed by atoms with Crippen LogP contribution in [0.25, 0.3) is 0 Å². The molecule has 2 aromatic carbocycles. The number of piperidine rings is 1. The fourth-order valence-electron chi connectivity index (χ4n) is 3.72. The van der Waals surface area contributed by atoms with Gasteiger partial charge in [0.05, 0.1) is 4.90 Å². The van der Waals surface area contributed by atoms with Crippen molar-refractivity contribution >= 4 is 16.1 Å². The predicted octanol–water partition coefficient (Wildman–Crippen LogP) is 2.86. The van der Waals surface area contributed by atoms with E-state index in [2.05, 4.69) is 29.1 Å². The van der Waals surface area contributed by atoms with Gasteiger partial charge >= 0.3 is 6.03 Å². The van der Waals surface area contributed by atoms with E-state index in [1.54, 1.807) is 18.2 Å². The number of urea groups is 1. The lowest BCUT2D eigenvalue weighted by Crippen LogP contribution is -2.50. The van der Waals surface area contributed by atoms with Gasteiger partial charge in [-0.2, -0.15) is 0 Å². The molecule has 1 heterocycles. The molecule has 7 heteroatoms. The van der Waals surface area contributed by atoms with Crippen molar-refractivity contribution in [2.24, 2.45) is 0 Å². The van der Waals surface area contributed by atoms with Crippen molar-refractivity contribution in [3.05, 3.63) is 65.7 Å². The van der Waals surface area contributed by atoms with Gasteiger partial charge in [-0.25, -0.2) is 17.9 Å². The van der Waals surface area contributed by atoms with Crippen molar-refractivity contribution < 1.29 is 13.2 Å². The molecule has 0 aromatic heterocycles. The number of likely N-dealkylation sites (tertiary alicyclic amines) is 1. The molecule has 1 saturated heterocycles. The van der Waals surface area contributed by atoms with Gasteiger partial charge in [0.25, 0.3) is 0 Å². The van der Waals surface area contributed by atoms with Gasteiger partial charge in [-0.3, -0.25) is 0 Å². The zero-order valence-electron chi connectivity index (χ0n) is 16.3. The van der Waals surface area contributed by atoms with Crippen molar-refractivity contribution in [2.75, 3.05) is 20.1 Å². The van der Waals surface area contributed by atoms with Gasteiger partial charge in [0.2, 0.25) is 10.0 Å². The molecule has 28 heavy (non-hydrogen) atoms. The molecule has 0 aliphatic carbocycles. The van der Waals surface area contributed by atoms with E-state index in [0.717, 1.165) is 24.9 Å². The zero-order chi connectivity index (χ0) is 20.2. The average molecular weight is 402 g/mol. The summed E-state index contributed by atoms with van der Waals surface area (Å²) in [4.78, 5) is 14.8. The molecular formula is C21H27N3O3S. The van der Waals surface area contributed by atoms with Gasteiger partial charge in [0.1, 0.15) is 0 Å².